The molecule has 0 spiro atoms. The van der Waals surface area contributed by atoms with Crippen LogP contribution in [0.15, 0.2) is 0 Å². The Morgan fingerprint density at radius 2 is 2.00 bits per heavy atom. The van der Waals surface area contributed by atoms with Crippen molar-refractivity contribution in [1.82, 2.24) is 0 Å². The smallest absolute Gasteiger partial charge is 0.0849 e. The number of rotatable bonds is 4. The summed E-state index contributed by atoms with van der Waals surface area (Å²) in [4.78, 5) is 0. The zero-order valence-corrected chi connectivity index (χ0v) is 6.22. The first-order valence-corrected chi connectivity index (χ1v) is 3.45. The van der Waals surface area contributed by atoms with Gasteiger partial charge in [-0.2, -0.15) is 0 Å². The predicted octanol–water partition coefficient (Wildman–Crippen LogP) is 0.920. The first kappa shape index (κ1) is 8.92. The van der Waals surface area contributed by atoms with Gasteiger partial charge in [0.15, 0.2) is 0 Å². The van der Waals surface area contributed by atoms with Gasteiger partial charge in [-0.3, -0.25) is 0 Å². The van der Waals surface area contributed by atoms with Crippen LogP contribution in [-0.2, 0) is 0 Å². The van der Waals surface area contributed by atoms with Crippen LogP contribution in [-0.4, -0.2) is 22.4 Å². The molecule has 0 radical (unpaired) electrons. The molecule has 56 valence electrons. The molecule has 0 aliphatic heterocycles. The molecule has 1 atom stereocenters. The summed E-state index contributed by atoms with van der Waals surface area (Å²) in [5.41, 5.74) is -0.851. The van der Waals surface area contributed by atoms with E-state index in [4.69, 9.17) is 5.11 Å². The molecule has 0 fully saturated rings. The maximum Gasteiger partial charge on any atom is 0.0849 e. The highest BCUT2D eigenvalue weighted by Crippen LogP contribution is 2.11. The van der Waals surface area contributed by atoms with E-state index in [1.807, 2.05) is 0 Å². The third kappa shape index (κ3) is 4.43. The number of aliphatic hydroxyl groups is 2. The van der Waals surface area contributed by atoms with Gasteiger partial charge < -0.3 is 10.2 Å². The molecule has 1 unspecified atom stereocenters. The van der Waals surface area contributed by atoms with Gasteiger partial charge in [0.1, 0.15) is 0 Å². The Morgan fingerprint density at radius 3 is 2.33 bits per heavy atom. The Bertz CT molecular complexity index is 69.3. The molecule has 2 nitrogen and oxygen atoms in total. The van der Waals surface area contributed by atoms with E-state index in [1.54, 1.807) is 6.92 Å². The summed E-state index contributed by atoms with van der Waals surface area (Å²) in [7, 11) is 0. The number of aliphatic hydroxyl groups excluding tert-OH is 1. The van der Waals surface area contributed by atoms with Gasteiger partial charge in [0, 0.05) is 0 Å². The molecule has 0 saturated heterocycles. The molecule has 2 heteroatoms. The molecule has 0 saturated carbocycles. The maximum absolute atomic E-state index is 9.20. The fourth-order valence-electron chi connectivity index (χ4n) is 0.637. The van der Waals surface area contributed by atoms with E-state index in [0.29, 0.717) is 6.42 Å². The summed E-state index contributed by atoms with van der Waals surface area (Å²) in [6.07, 6.45) is 2.74. The largest absolute Gasteiger partial charge is 0.393 e. The summed E-state index contributed by atoms with van der Waals surface area (Å²) in [6.45, 7) is 3.59. The highest BCUT2D eigenvalue weighted by atomic mass is 16.3. The molecule has 0 amide bonds. The first-order chi connectivity index (χ1) is 4.12. The lowest BCUT2D eigenvalue weighted by Gasteiger charge is -2.18. The molecule has 0 aromatic heterocycles. The SMILES string of the molecule is CCCCC(C)(O)CO. The van der Waals surface area contributed by atoms with Gasteiger partial charge in [-0.05, 0) is 13.3 Å². The van der Waals surface area contributed by atoms with Gasteiger partial charge in [0.25, 0.3) is 0 Å². The van der Waals surface area contributed by atoms with E-state index in [-0.39, 0.29) is 6.61 Å². The van der Waals surface area contributed by atoms with Crippen molar-refractivity contribution in [3.63, 3.8) is 0 Å². The van der Waals surface area contributed by atoms with Crippen molar-refractivity contribution in [2.45, 2.75) is 38.7 Å². The second kappa shape index (κ2) is 3.85. The zero-order chi connectivity index (χ0) is 7.33. The fourth-order valence-corrected chi connectivity index (χ4v) is 0.637. The van der Waals surface area contributed by atoms with Crippen molar-refractivity contribution >= 4 is 0 Å². The van der Waals surface area contributed by atoms with E-state index < -0.39 is 5.60 Å². The monoisotopic (exact) mass is 132 g/mol. The zero-order valence-electron chi connectivity index (χ0n) is 6.22. The van der Waals surface area contributed by atoms with E-state index in [1.165, 1.54) is 0 Å². The van der Waals surface area contributed by atoms with Crippen LogP contribution in [0.4, 0.5) is 0 Å². The first-order valence-electron chi connectivity index (χ1n) is 3.45. The summed E-state index contributed by atoms with van der Waals surface area (Å²) in [5, 5.41) is 17.8. The molecular formula is C7H16O2. The minimum Gasteiger partial charge on any atom is -0.393 e. The number of hydrogen-bond donors (Lipinski definition) is 2. The van der Waals surface area contributed by atoms with Crippen LogP contribution < -0.4 is 0 Å². The Balaban J connectivity index is 3.33. The maximum atomic E-state index is 9.20. The Kier molecular flexibility index (Phi) is 3.82. The van der Waals surface area contributed by atoms with Crippen molar-refractivity contribution in [3.05, 3.63) is 0 Å². The number of hydrogen-bond acceptors (Lipinski definition) is 2. The average Bonchev–Trinajstić information content (AvgIpc) is 1.84. The van der Waals surface area contributed by atoms with Crippen molar-refractivity contribution in [1.29, 1.82) is 0 Å². The molecule has 9 heavy (non-hydrogen) atoms. The lowest BCUT2D eigenvalue weighted by molar-refractivity contribution is -0.00660. The summed E-state index contributed by atoms with van der Waals surface area (Å²) >= 11 is 0. The molecule has 0 aliphatic carbocycles. The van der Waals surface area contributed by atoms with E-state index >= 15 is 0 Å². The van der Waals surface area contributed by atoms with Gasteiger partial charge in [-0.25, -0.2) is 0 Å². The molecule has 0 bridgehead atoms. The average molecular weight is 132 g/mol. The lowest BCUT2D eigenvalue weighted by atomic mass is 10.0. The minimum atomic E-state index is -0.851. The highest BCUT2D eigenvalue weighted by Gasteiger charge is 2.16. The molecule has 0 aromatic rings. The summed E-state index contributed by atoms with van der Waals surface area (Å²) in [5.74, 6) is 0. The van der Waals surface area contributed by atoms with Gasteiger partial charge in [0.05, 0.1) is 12.2 Å². The summed E-state index contributed by atoms with van der Waals surface area (Å²) < 4.78 is 0. The minimum absolute atomic E-state index is 0.132. The van der Waals surface area contributed by atoms with Crippen molar-refractivity contribution in [2.24, 2.45) is 0 Å². The third-order valence-corrected chi connectivity index (χ3v) is 1.41. The molecule has 2 N–H and O–H groups in total. The summed E-state index contributed by atoms with van der Waals surface area (Å²) in [6, 6.07) is 0. The van der Waals surface area contributed by atoms with Crippen LogP contribution in [0.3, 0.4) is 0 Å². The van der Waals surface area contributed by atoms with Crippen LogP contribution in [0.2, 0.25) is 0 Å². The second-order valence-electron chi connectivity index (χ2n) is 2.76. The van der Waals surface area contributed by atoms with E-state index in [9.17, 15) is 5.11 Å². The quantitative estimate of drug-likeness (QED) is 0.597. The third-order valence-electron chi connectivity index (χ3n) is 1.41. The van der Waals surface area contributed by atoms with Crippen molar-refractivity contribution in [2.75, 3.05) is 6.61 Å². The standard InChI is InChI=1S/C7H16O2/c1-3-4-5-7(2,9)6-8/h8-9H,3-6H2,1-2H3. The topological polar surface area (TPSA) is 40.5 Å². The van der Waals surface area contributed by atoms with Crippen molar-refractivity contribution < 1.29 is 10.2 Å². The van der Waals surface area contributed by atoms with Crippen molar-refractivity contribution in [3.8, 4) is 0 Å². The van der Waals surface area contributed by atoms with Crippen LogP contribution in [0.1, 0.15) is 33.1 Å². The highest BCUT2D eigenvalue weighted by molar-refractivity contribution is 4.69. The molecular weight excluding hydrogens is 116 g/mol. The van der Waals surface area contributed by atoms with E-state index in [2.05, 4.69) is 6.92 Å². The van der Waals surface area contributed by atoms with Crippen LogP contribution in [0, 0.1) is 0 Å². The lowest BCUT2D eigenvalue weighted by Crippen LogP contribution is -2.28. The van der Waals surface area contributed by atoms with Gasteiger partial charge in [-0.15, -0.1) is 0 Å². The van der Waals surface area contributed by atoms with E-state index in [0.717, 1.165) is 12.8 Å². The van der Waals surface area contributed by atoms with Gasteiger partial charge in [-0.1, -0.05) is 19.8 Å². The van der Waals surface area contributed by atoms with Crippen LogP contribution in [0.5, 0.6) is 0 Å². The Morgan fingerprint density at radius 1 is 1.44 bits per heavy atom. The van der Waals surface area contributed by atoms with Gasteiger partial charge >= 0.3 is 0 Å². The fraction of sp³-hybridized carbons (Fsp3) is 1.00. The number of unbranched alkanes of at least 4 members (excludes halogenated alkanes) is 1. The Hall–Kier alpha value is -0.0800. The van der Waals surface area contributed by atoms with Crippen LogP contribution in [0.25, 0.3) is 0 Å². The molecule has 0 aromatic carbocycles. The van der Waals surface area contributed by atoms with Crippen LogP contribution >= 0.6 is 0 Å². The van der Waals surface area contributed by atoms with Gasteiger partial charge in [0.2, 0.25) is 0 Å². The normalized spacial score (nSPS) is 17.3. The molecule has 0 rings (SSSR count). The molecule has 0 heterocycles. The second-order valence-corrected chi connectivity index (χ2v) is 2.76. The Labute approximate surface area is 56.5 Å². The predicted molar refractivity (Wildman–Crippen MR) is 37.2 cm³/mol. The molecule has 0 aliphatic rings.